The molecule has 0 unspecified atom stereocenters. The van der Waals surface area contributed by atoms with Gasteiger partial charge in [0.05, 0.1) is 11.8 Å². The SMILES string of the molecule is Br.O=C(O)CCCN1CCC(O[C@@H](c2ccc(Cl)cc2)c2ccccn2)CC1. The third-order valence-electron chi connectivity index (χ3n) is 4.86. The monoisotopic (exact) mass is 468 g/mol. The molecule has 1 atom stereocenters. The normalized spacial score (nSPS) is 16.3. The molecule has 1 N–H and O–H groups in total. The lowest BCUT2D eigenvalue weighted by molar-refractivity contribution is -0.137. The number of likely N-dealkylation sites (tertiary alicyclic amines) is 1. The summed E-state index contributed by atoms with van der Waals surface area (Å²) in [4.78, 5) is 17.5. The number of nitrogens with zero attached hydrogens (tertiary/aromatic N) is 2. The van der Waals surface area contributed by atoms with Crippen LogP contribution in [0.1, 0.15) is 43.0 Å². The van der Waals surface area contributed by atoms with Crippen molar-refractivity contribution in [3.05, 3.63) is 64.9 Å². The van der Waals surface area contributed by atoms with Gasteiger partial charge in [-0.05, 0) is 55.6 Å². The summed E-state index contributed by atoms with van der Waals surface area (Å²) in [5.74, 6) is -0.727. The van der Waals surface area contributed by atoms with Gasteiger partial charge in [0.25, 0.3) is 0 Å². The molecule has 1 aliphatic heterocycles. The number of aromatic nitrogens is 1. The Morgan fingerprint density at radius 3 is 2.54 bits per heavy atom. The maximum absolute atomic E-state index is 10.7. The van der Waals surface area contributed by atoms with E-state index < -0.39 is 5.97 Å². The average Bonchev–Trinajstić information content (AvgIpc) is 2.68. The standard InChI is InChI=1S/C21H25ClN2O3.BrH/c22-17-8-6-16(7-9-17)21(19-4-1-2-12-23-19)27-18-10-14-24(15-11-18)13-3-5-20(25)26;/h1-2,4,6-9,12,18,21H,3,5,10-11,13-15H2,(H,25,26);1H/t21-;/m0./s1. The molecule has 1 aliphatic rings. The van der Waals surface area contributed by atoms with Gasteiger partial charge in [0.15, 0.2) is 0 Å². The lowest BCUT2D eigenvalue weighted by Gasteiger charge is -2.34. The Balaban J connectivity index is 0.00000280. The smallest absolute Gasteiger partial charge is 0.303 e. The van der Waals surface area contributed by atoms with E-state index >= 15 is 0 Å². The van der Waals surface area contributed by atoms with Gasteiger partial charge in [-0.15, -0.1) is 17.0 Å². The first-order valence-corrected chi connectivity index (χ1v) is 9.75. The number of halogens is 2. The molecule has 28 heavy (non-hydrogen) atoms. The van der Waals surface area contributed by atoms with E-state index in [-0.39, 0.29) is 35.6 Å². The lowest BCUT2D eigenvalue weighted by atomic mass is 10.0. The number of rotatable bonds is 8. The number of piperidine rings is 1. The first-order valence-electron chi connectivity index (χ1n) is 9.38. The van der Waals surface area contributed by atoms with Crippen LogP contribution in [-0.4, -0.2) is 46.7 Å². The number of pyridine rings is 1. The number of carboxylic acid groups (broad SMARTS) is 1. The van der Waals surface area contributed by atoms with Gasteiger partial charge in [-0.1, -0.05) is 29.8 Å². The van der Waals surface area contributed by atoms with E-state index in [1.807, 2.05) is 42.5 Å². The molecular formula is C21H26BrClN2O3. The molecule has 1 aromatic heterocycles. The molecule has 2 aromatic rings. The molecule has 0 amide bonds. The average molecular weight is 470 g/mol. The Kier molecular flexibility index (Phi) is 9.38. The molecule has 1 saturated heterocycles. The van der Waals surface area contributed by atoms with Crippen molar-refractivity contribution in [3.63, 3.8) is 0 Å². The summed E-state index contributed by atoms with van der Waals surface area (Å²) >= 11 is 6.03. The molecule has 1 aromatic carbocycles. The molecule has 152 valence electrons. The van der Waals surface area contributed by atoms with E-state index in [9.17, 15) is 4.79 Å². The number of carbonyl (C=O) groups is 1. The molecule has 2 heterocycles. The minimum Gasteiger partial charge on any atom is -0.481 e. The summed E-state index contributed by atoms with van der Waals surface area (Å²) in [6.07, 6.45) is 4.52. The second-order valence-corrected chi connectivity index (χ2v) is 7.30. The highest BCUT2D eigenvalue weighted by atomic mass is 79.9. The fourth-order valence-corrected chi connectivity index (χ4v) is 3.53. The second-order valence-electron chi connectivity index (χ2n) is 6.86. The zero-order chi connectivity index (χ0) is 19.1. The first-order chi connectivity index (χ1) is 13.1. The minimum absolute atomic E-state index is 0. The van der Waals surface area contributed by atoms with Gasteiger partial charge in [0, 0.05) is 30.7 Å². The van der Waals surface area contributed by atoms with Gasteiger partial charge in [-0.2, -0.15) is 0 Å². The molecular weight excluding hydrogens is 444 g/mol. The molecule has 0 saturated carbocycles. The Hall–Kier alpha value is -1.47. The number of hydrogen-bond donors (Lipinski definition) is 1. The predicted molar refractivity (Wildman–Crippen MR) is 115 cm³/mol. The summed E-state index contributed by atoms with van der Waals surface area (Å²) in [6.45, 7) is 2.69. The van der Waals surface area contributed by atoms with Gasteiger partial charge in [0.1, 0.15) is 6.10 Å². The maximum Gasteiger partial charge on any atom is 0.303 e. The van der Waals surface area contributed by atoms with Gasteiger partial charge in [-0.3, -0.25) is 9.78 Å². The van der Waals surface area contributed by atoms with Crippen molar-refractivity contribution in [1.82, 2.24) is 9.88 Å². The van der Waals surface area contributed by atoms with E-state index in [4.69, 9.17) is 21.4 Å². The summed E-state index contributed by atoms with van der Waals surface area (Å²) < 4.78 is 6.47. The molecule has 0 spiro atoms. The van der Waals surface area contributed by atoms with Crippen molar-refractivity contribution < 1.29 is 14.6 Å². The van der Waals surface area contributed by atoms with Crippen LogP contribution in [0.5, 0.6) is 0 Å². The number of aliphatic carboxylic acids is 1. The van der Waals surface area contributed by atoms with E-state index in [1.165, 1.54) is 0 Å². The summed E-state index contributed by atoms with van der Waals surface area (Å²) in [6, 6.07) is 13.6. The van der Waals surface area contributed by atoms with Gasteiger partial charge >= 0.3 is 5.97 Å². The van der Waals surface area contributed by atoms with Crippen LogP contribution < -0.4 is 0 Å². The third-order valence-corrected chi connectivity index (χ3v) is 5.11. The highest BCUT2D eigenvalue weighted by Crippen LogP contribution is 2.29. The van der Waals surface area contributed by atoms with Crippen LogP contribution >= 0.6 is 28.6 Å². The number of benzene rings is 1. The van der Waals surface area contributed by atoms with E-state index in [0.717, 1.165) is 43.7 Å². The molecule has 0 bridgehead atoms. The maximum atomic E-state index is 10.7. The summed E-state index contributed by atoms with van der Waals surface area (Å²) in [7, 11) is 0. The van der Waals surface area contributed by atoms with Gasteiger partial charge in [0.2, 0.25) is 0 Å². The van der Waals surface area contributed by atoms with Crippen molar-refractivity contribution in [2.75, 3.05) is 19.6 Å². The quantitative estimate of drug-likeness (QED) is 0.604. The van der Waals surface area contributed by atoms with Crippen LogP contribution in [0.4, 0.5) is 0 Å². The van der Waals surface area contributed by atoms with Crippen LogP contribution in [0, 0.1) is 0 Å². The van der Waals surface area contributed by atoms with E-state index in [2.05, 4.69) is 9.88 Å². The topological polar surface area (TPSA) is 62.7 Å². The Morgan fingerprint density at radius 2 is 1.93 bits per heavy atom. The molecule has 3 rings (SSSR count). The summed E-state index contributed by atoms with van der Waals surface area (Å²) in [5.41, 5.74) is 1.94. The minimum atomic E-state index is -0.727. The molecule has 0 radical (unpaired) electrons. The molecule has 7 heteroatoms. The Labute approximate surface area is 181 Å². The Morgan fingerprint density at radius 1 is 1.21 bits per heavy atom. The van der Waals surface area contributed by atoms with Crippen LogP contribution in [-0.2, 0) is 9.53 Å². The number of carboxylic acids is 1. The zero-order valence-corrected chi connectivity index (χ0v) is 18.1. The van der Waals surface area contributed by atoms with Crippen LogP contribution in [0.2, 0.25) is 5.02 Å². The van der Waals surface area contributed by atoms with Crippen molar-refractivity contribution in [1.29, 1.82) is 0 Å². The zero-order valence-electron chi connectivity index (χ0n) is 15.7. The molecule has 0 aliphatic carbocycles. The van der Waals surface area contributed by atoms with Crippen LogP contribution in [0.25, 0.3) is 0 Å². The van der Waals surface area contributed by atoms with E-state index in [1.54, 1.807) is 6.20 Å². The largest absolute Gasteiger partial charge is 0.481 e. The first kappa shape index (κ1) is 22.8. The van der Waals surface area contributed by atoms with Crippen LogP contribution in [0.3, 0.4) is 0 Å². The highest BCUT2D eigenvalue weighted by molar-refractivity contribution is 8.93. The van der Waals surface area contributed by atoms with Crippen molar-refractivity contribution >= 4 is 34.6 Å². The predicted octanol–water partition coefficient (Wildman–Crippen LogP) is 4.75. The highest BCUT2D eigenvalue weighted by Gasteiger charge is 2.25. The van der Waals surface area contributed by atoms with Gasteiger partial charge in [-0.25, -0.2) is 0 Å². The van der Waals surface area contributed by atoms with Crippen molar-refractivity contribution in [2.45, 2.75) is 37.9 Å². The molecule has 1 fully saturated rings. The third kappa shape index (κ3) is 6.85. The van der Waals surface area contributed by atoms with Crippen LogP contribution in [0.15, 0.2) is 48.7 Å². The van der Waals surface area contributed by atoms with Gasteiger partial charge < -0.3 is 14.7 Å². The number of hydrogen-bond acceptors (Lipinski definition) is 4. The number of ether oxygens (including phenoxy) is 1. The fraction of sp³-hybridized carbons (Fsp3) is 0.429. The van der Waals surface area contributed by atoms with Crippen molar-refractivity contribution in [3.8, 4) is 0 Å². The lowest BCUT2D eigenvalue weighted by Crippen LogP contribution is -2.38. The van der Waals surface area contributed by atoms with E-state index in [0.29, 0.717) is 11.4 Å². The Bertz CT molecular complexity index is 722. The second kappa shape index (κ2) is 11.5. The molecule has 5 nitrogen and oxygen atoms in total. The fourth-order valence-electron chi connectivity index (χ4n) is 3.40. The van der Waals surface area contributed by atoms with Crippen molar-refractivity contribution in [2.24, 2.45) is 0 Å². The summed E-state index contributed by atoms with van der Waals surface area (Å²) in [5, 5.41) is 9.47.